The van der Waals surface area contributed by atoms with E-state index < -0.39 is 26.7 Å². The second kappa shape index (κ2) is 7.08. The molecule has 0 saturated heterocycles. The Hall–Kier alpha value is 0.413. The molecule has 0 spiro atoms. The minimum atomic E-state index is -0.826. The summed E-state index contributed by atoms with van der Waals surface area (Å²) in [5.74, 6) is -0.449. The van der Waals surface area contributed by atoms with Crippen molar-refractivity contribution in [3.63, 3.8) is 0 Å². The van der Waals surface area contributed by atoms with Crippen LogP contribution in [0.5, 0.6) is 5.75 Å². The van der Waals surface area contributed by atoms with Gasteiger partial charge in [-0.3, -0.25) is 0 Å². The van der Waals surface area contributed by atoms with Crippen molar-refractivity contribution >= 4 is 17.0 Å². The normalized spacial score (nSPS) is 7.91. The van der Waals surface area contributed by atoms with Gasteiger partial charge in [-0.05, 0) is 12.1 Å². The fourth-order valence-electron chi connectivity index (χ4n) is 0.476. The number of phenols is 1. The first-order valence-corrected chi connectivity index (χ1v) is 8.94. The summed E-state index contributed by atoms with van der Waals surface area (Å²) in [5.41, 5.74) is 0. The van der Waals surface area contributed by atoms with Crippen LogP contribution >= 0.6 is 17.0 Å². The Kier molecular flexibility index (Phi) is 7.35. The molecule has 0 radical (unpaired) electrons. The molecule has 0 aliphatic carbocycles. The molecule has 0 aromatic heterocycles. The zero-order valence-electron chi connectivity index (χ0n) is 5.39. The number of phenolic OH excluding ortho intramolecular Hbond substituents is 1. The summed E-state index contributed by atoms with van der Waals surface area (Å²) in [6, 6.07) is 5.20. The molecule has 1 aromatic carbocycles. The van der Waals surface area contributed by atoms with Gasteiger partial charge in [-0.25, -0.2) is 4.39 Å². The molecule has 0 fully saturated rings. The second-order valence-electron chi connectivity index (χ2n) is 1.55. The third-order valence-electron chi connectivity index (χ3n) is 0.808. The summed E-state index contributed by atoms with van der Waals surface area (Å²) < 4.78 is 12.0. The quantitative estimate of drug-likeness (QED) is 0.771. The Morgan fingerprint density at radius 1 is 1.36 bits per heavy atom. The topological polar surface area (TPSA) is 20.2 Å². The van der Waals surface area contributed by atoms with Crippen molar-refractivity contribution in [2.45, 2.75) is 0 Å². The number of hydrogen-bond acceptors (Lipinski definition) is 1. The molecule has 0 saturated carbocycles. The number of aromatic hydroxyl groups is 1. The molecule has 1 nitrogen and oxygen atoms in total. The van der Waals surface area contributed by atoms with Crippen LogP contribution in [0.4, 0.5) is 4.39 Å². The monoisotopic (exact) mass is 272 g/mol. The van der Waals surface area contributed by atoms with Crippen molar-refractivity contribution in [1.29, 1.82) is 0 Å². The Morgan fingerprint density at radius 2 is 1.91 bits per heavy atom. The van der Waals surface area contributed by atoms with Gasteiger partial charge in [0, 0.05) is 6.07 Å². The molecule has 0 unspecified atom stereocenters. The molecule has 1 aromatic rings. The average Bonchev–Trinajstić information content (AvgIpc) is 1.88. The van der Waals surface area contributed by atoms with Gasteiger partial charge in [-0.1, -0.05) is 6.07 Å². The molecule has 0 aliphatic rings. The Balaban J connectivity index is 0.000000292. The summed E-state index contributed by atoms with van der Waals surface area (Å²) in [6.07, 6.45) is 0. The fraction of sp³-hybridized carbons (Fsp3) is 0. The van der Waals surface area contributed by atoms with Crippen LogP contribution in [-0.2, 0) is 20.8 Å². The van der Waals surface area contributed by atoms with Crippen LogP contribution in [0.3, 0.4) is 0 Å². The predicted molar refractivity (Wildman–Crippen MR) is 39.8 cm³/mol. The first-order chi connectivity index (χ1) is 5.20. The van der Waals surface area contributed by atoms with Crippen molar-refractivity contribution in [3.05, 3.63) is 30.1 Å². The number of hydrogen-bond donors (Lipinski definition) is 1. The van der Waals surface area contributed by atoms with E-state index in [2.05, 4.69) is 0 Å². The van der Waals surface area contributed by atoms with Crippen LogP contribution in [0.15, 0.2) is 24.3 Å². The van der Waals surface area contributed by atoms with Gasteiger partial charge in [-0.15, -0.1) is 0 Å². The molecule has 0 heterocycles. The van der Waals surface area contributed by atoms with Crippen LogP contribution in [0.2, 0.25) is 0 Å². The van der Waals surface area contributed by atoms with Gasteiger partial charge in [0.15, 0.2) is 0 Å². The molecule has 0 amide bonds. The van der Waals surface area contributed by atoms with E-state index in [9.17, 15) is 4.39 Å². The van der Waals surface area contributed by atoms with Crippen LogP contribution in [-0.4, -0.2) is 5.11 Å². The third-order valence-corrected chi connectivity index (χ3v) is 0.808. The zero-order chi connectivity index (χ0) is 8.69. The molecular formula is C6H5Cl2FOZr. The SMILES string of the molecule is Oc1cccc(F)c1.[Cl][Zr][Cl]. The van der Waals surface area contributed by atoms with E-state index in [0.717, 1.165) is 6.07 Å². The van der Waals surface area contributed by atoms with Crippen LogP contribution in [0.1, 0.15) is 0 Å². The molecular weight excluding hydrogens is 269 g/mol. The molecule has 0 atom stereocenters. The van der Waals surface area contributed by atoms with Gasteiger partial charge in [0.25, 0.3) is 0 Å². The van der Waals surface area contributed by atoms with E-state index in [1.165, 1.54) is 18.2 Å². The van der Waals surface area contributed by atoms with Crippen molar-refractivity contribution < 1.29 is 30.3 Å². The Morgan fingerprint density at radius 3 is 2.18 bits per heavy atom. The first kappa shape index (κ1) is 11.4. The van der Waals surface area contributed by atoms with E-state index in [1.807, 2.05) is 0 Å². The van der Waals surface area contributed by atoms with E-state index in [1.54, 1.807) is 0 Å². The van der Waals surface area contributed by atoms with Gasteiger partial charge in [0.05, 0.1) is 0 Å². The summed E-state index contributed by atoms with van der Waals surface area (Å²) in [6.45, 7) is 0. The van der Waals surface area contributed by atoms with E-state index in [0.29, 0.717) is 0 Å². The van der Waals surface area contributed by atoms with Crippen LogP contribution in [0.25, 0.3) is 0 Å². The maximum absolute atomic E-state index is 12.0. The molecule has 1 rings (SSSR count). The van der Waals surface area contributed by atoms with Crippen molar-refractivity contribution in [2.75, 3.05) is 0 Å². The van der Waals surface area contributed by atoms with Crippen LogP contribution in [0, 0.1) is 5.82 Å². The van der Waals surface area contributed by atoms with E-state index >= 15 is 0 Å². The molecule has 11 heavy (non-hydrogen) atoms. The predicted octanol–water partition coefficient (Wildman–Crippen LogP) is 2.91. The molecule has 5 heteroatoms. The van der Waals surface area contributed by atoms with Gasteiger partial charge in [0.2, 0.25) is 0 Å². The van der Waals surface area contributed by atoms with Crippen molar-refractivity contribution in [1.82, 2.24) is 0 Å². The van der Waals surface area contributed by atoms with Gasteiger partial charge < -0.3 is 5.11 Å². The van der Waals surface area contributed by atoms with Crippen molar-refractivity contribution in [2.24, 2.45) is 0 Å². The Bertz CT molecular complexity index is 192. The summed E-state index contributed by atoms with van der Waals surface area (Å²) in [4.78, 5) is 0. The van der Waals surface area contributed by atoms with Gasteiger partial charge in [-0.2, -0.15) is 0 Å². The fourth-order valence-corrected chi connectivity index (χ4v) is 0.476. The molecule has 0 bridgehead atoms. The number of benzene rings is 1. The van der Waals surface area contributed by atoms with Gasteiger partial charge in [0.1, 0.15) is 11.6 Å². The minimum absolute atomic E-state index is 0.0370. The van der Waals surface area contributed by atoms with Crippen molar-refractivity contribution in [3.8, 4) is 5.75 Å². The van der Waals surface area contributed by atoms with E-state index in [4.69, 9.17) is 22.1 Å². The molecule has 0 aliphatic heterocycles. The molecule has 1 N–H and O–H groups in total. The first-order valence-electron chi connectivity index (χ1n) is 2.61. The number of halogens is 3. The number of rotatable bonds is 0. The third kappa shape index (κ3) is 6.80. The van der Waals surface area contributed by atoms with Crippen LogP contribution < -0.4 is 0 Å². The Labute approximate surface area is 82.8 Å². The maximum atomic E-state index is 12.0. The summed E-state index contributed by atoms with van der Waals surface area (Å²) in [5, 5.41) is 8.57. The summed E-state index contributed by atoms with van der Waals surface area (Å²) >= 11 is -0.826. The average molecular weight is 274 g/mol. The standard InChI is InChI=1S/C6H5FO.2ClH.Zr/c7-5-2-1-3-6(8)4-5;;;/h1-4,8H;2*1H;/q;;;+2/p-2. The van der Waals surface area contributed by atoms with E-state index in [-0.39, 0.29) is 5.75 Å². The van der Waals surface area contributed by atoms with Gasteiger partial charge >= 0.3 is 37.9 Å². The second-order valence-corrected chi connectivity index (χ2v) is 5.28. The summed E-state index contributed by atoms with van der Waals surface area (Å²) in [7, 11) is 9.87. The molecule has 60 valence electrons. The zero-order valence-corrected chi connectivity index (χ0v) is 9.36.